The van der Waals surface area contributed by atoms with E-state index in [1.165, 1.54) is 12.1 Å². The number of benzene rings is 1. The maximum atomic E-state index is 11.0. The molecule has 0 fully saturated rings. The molecule has 0 bridgehead atoms. The summed E-state index contributed by atoms with van der Waals surface area (Å²) in [6, 6.07) is 7.66. The zero-order chi connectivity index (χ0) is 14.7. The van der Waals surface area contributed by atoms with Crippen LogP contribution in [0, 0.1) is 10.1 Å². The molecule has 0 radical (unpaired) electrons. The molecule has 6 nitrogen and oxygen atoms in total. The van der Waals surface area contributed by atoms with Crippen molar-refractivity contribution in [2.45, 2.75) is 0 Å². The summed E-state index contributed by atoms with van der Waals surface area (Å²) >= 11 is 11.8. The molecule has 0 unspecified atom stereocenters. The average molecular weight is 313 g/mol. The third-order valence-corrected chi connectivity index (χ3v) is 2.89. The fourth-order valence-corrected chi connectivity index (χ4v) is 2.12. The molecule has 2 N–H and O–H groups in total. The standard InChI is InChI=1S/C12H10Cl2N4O2/c1-15-11-3-2-10(18(19)20)12(17-11)16-9-5-7(13)4-8(14)6-9/h2-6H,1H3,(H2,15,16,17). The quantitative estimate of drug-likeness (QED) is 0.656. The van der Waals surface area contributed by atoms with Crippen molar-refractivity contribution in [1.82, 2.24) is 4.98 Å². The Morgan fingerprint density at radius 3 is 2.40 bits per heavy atom. The van der Waals surface area contributed by atoms with Gasteiger partial charge < -0.3 is 10.6 Å². The second kappa shape index (κ2) is 5.94. The van der Waals surface area contributed by atoms with E-state index >= 15 is 0 Å². The van der Waals surface area contributed by atoms with Gasteiger partial charge in [-0.2, -0.15) is 0 Å². The molecule has 2 aromatic rings. The minimum atomic E-state index is -0.513. The van der Waals surface area contributed by atoms with E-state index in [0.29, 0.717) is 21.6 Å². The van der Waals surface area contributed by atoms with Crippen LogP contribution in [0.4, 0.5) is 23.0 Å². The molecule has 0 amide bonds. The largest absolute Gasteiger partial charge is 0.373 e. The minimum absolute atomic E-state index is 0.111. The number of halogens is 2. The number of aromatic nitrogens is 1. The van der Waals surface area contributed by atoms with Gasteiger partial charge in [0.05, 0.1) is 4.92 Å². The maximum absolute atomic E-state index is 11.0. The molecule has 104 valence electrons. The summed E-state index contributed by atoms with van der Waals surface area (Å²) in [5.74, 6) is 0.617. The van der Waals surface area contributed by atoms with Gasteiger partial charge in [-0.15, -0.1) is 0 Å². The van der Waals surface area contributed by atoms with Gasteiger partial charge in [0.1, 0.15) is 5.82 Å². The predicted octanol–water partition coefficient (Wildman–Crippen LogP) is 4.08. The fourth-order valence-electron chi connectivity index (χ4n) is 1.59. The van der Waals surface area contributed by atoms with Crippen molar-refractivity contribution in [3.8, 4) is 0 Å². The Morgan fingerprint density at radius 1 is 1.20 bits per heavy atom. The van der Waals surface area contributed by atoms with E-state index in [1.54, 1.807) is 25.2 Å². The van der Waals surface area contributed by atoms with Crippen molar-refractivity contribution in [3.05, 3.63) is 50.5 Å². The number of rotatable bonds is 4. The van der Waals surface area contributed by atoms with Crippen molar-refractivity contribution in [2.24, 2.45) is 0 Å². The Balaban J connectivity index is 2.42. The fraction of sp³-hybridized carbons (Fsp3) is 0.0833. The van der Waals surface area contributed by atoms with E-state index < -0.39 is 4.92 Å². The molecule has 0 aliphatic heterocycles. The van der Waals surface area contributed by atoms with Gasteiger partial charge in [-0.05, 0) is 24.3 Å². The van der Waals surface area contributed by atoms with Crippen LogP contribution in [0.3, 0.4) is 0 Å². The van der Waals surface area contributed by atoms with Crippen LogP contribution in [0.15, 0.2) is 30.3 Å². The number of hydrogen-bond acceptors (Lipinski definition) is 5. The lowest BCUT2D eigenvalue weighted by atomic mass is 10.3. The monoisotopic (exact) mass is 312 g/mol. The Morgan fingerprint density at radius 2 is 1.85 bits per heavy atom. The molecular formula is C12H10Cl2N4O2. The zero-order valence-corrected chi connectivity index (χ0v) is 11.9. The molecule has 1 heterocycles. The molecule has 0 aliphatic carbocycles. The molecule has 0 saturated heterocycles. The van der Waals surface area contributed by atoms with Crippen molar-refractivity contribution in [3.63, 3.8) is 0 Å². The van der Waals surface area contributed by atoms with E-state index in [9.17, 15) is 10.1 Å². The van der Waals surface area contributed by atoms with Gasteiger partial charge in [-0.25, -0.2) is 4.98 Å². The number of nitro groups is 1. The molecule has 0 aliphatic rings. The van der Waals surface area contributed by atoms with Gasteiger partial charge >= 0.3 is 5.69 Å². The van der Waals surface area contributed by atoms with E-state index in [-0.39, 0.29) is 11.5 Å². The van der Waals surface area contributed by atoms with E-state index in [2.05, 4.69) is 15.6 Å². The van der Waals surface area contributed by atoms with Crippen molar-refractivity contribution >= 4 is 46.2 Å². The van der Waals surface area contributed by atoms with Crippen LogP contribution in [0.25, 0.3) is 0 Å². The molecular weight excluding hydrogens is 303 g/mol. The predicted molar refractivity (Wildman–Crippen MR) is 80.2 cm³/mol. The SMILES string of the molecule is CNc1ccc([N+](=O)[O-])c(Nc2cc(Cl)cc(Cl)c2)n1. The van der Waals surface area contributed by atoms with E-state index in [0.717, 1.165) is 0 Å². The lowest BCUT2D eigenvalue weighted by Crippen LogP contribution is -2.02. The lowest BCUT2D eigenvalue weighted by Gasteiger charge is -2.09. The molecule has 8 heteroatoms. The van der Waals surface area contributed by atoms with E-state index in [4.69, 9.17) is 23.2 Å². The van der Waals surface area contributed by atoms with Gasteiger partial charge in [0.25, 0.3) is 0 Å². The highest BCUT2D eigenvalue weighted by Gasteiger charge is 2.16. The second-order valence-corrected chi connectivity index (χ2v) is 4.73. The van der Waals surface area contributed by atoms with Gasteiger partial charge in [-0.1, -0.05) is 23.2 Å². The van der Waals surface area contributed by atoms with E-state index in [1.807, 2.05) is 0 Å². The maximum Gasteiger partial charge on any atom is 0.311 e. The Bertz CT molecular complexity index is 644. The van der Waals surface area contributed by atoms with Crippen LogP contribution in [0.1, 0.15) is 0 Å². The summed E-state index contributed by atoms with van der Waals surface area (Å²) in [6.07, 6.45) is 0. The Kier molecular flexibility index (Phi) is 4.26. The second-order valence-electron chi connectivity index (χ2n) is 3.85. The topological polar surface area (TPSA) is 80.1 Å². The van der Waals surface area contributed by atoms with Crippen LogP contribution in [0.5, 0.6) is 0 Å². The van der Waals surface area contributed by atoms with Crippen LogP contribution < -0.4 is 10.6 Å². The summed E-state index contributed by atoms with van der Waals surface area (Å²) in [5.41, 5.74) is 0.381. The Hall–Kier alpha value is -2.05. The highest BCUT2D eigenvalue weighted by molar-refractivity contribution is 6.35. The number of anilines is 3. The highest BCUT2D eigenvalue weighted by Crippen LogP contribution is 2.29. The smallest absolute Gasteiger partial charge is 0.311 e. The number of hydrogen-bond donors (Lipinski definition) is 2. The van der Waals surface area contributed by atoms with Crippen LogP contribution in [-0.2, 0) is 0 Å². The first kappa shape index (κ1) is 14.4. The summed E-state index contributed by atoms with van der Waals surface area (Å²) in [7, 11) is 1.67. The molecule has 0 atom stereocenters. The number of nitrogens with one attached hydrogen (secondary N) is 2. The molecule has 0 saturated carbocycles. The van der Waals surface area contributed by atoms with Gasteiger partial charge in [0, 0.05) is 28.8 Å². The van der Waals surface area contributed by atoms with Crippen LogP contribution in [-0.4, -0.2) is 17.0 Å². The first-order chi connectivity index (χ1) is 9.49. The normalized spacial score (nSPS) is 10.2. The first-order valence-corrected chi connectivity index (χ1v) is 6.31. The van der Waals surface area contributed by atoms with Gasteiger partial charge in [-0.3, -0.25) is 10.1 Å². The minimum Gasteiger partial charge on any atom is -0.373 e. The summed E-state index contributed by atoms with van der Waals surface area (Å²) in [4.78, 5) is 14.6. The third-order valence-electron chi connectivity index (χ3n) is 2.45. The molecule has 1 aromatic carbocycles. The van der Waals surface area contributed by atoms with Crippen molar-refractivity contribution in [1.29, 1.82) is 0 Å². The summed E-state index contributed by atoms with van der Waals surface area (Å²) in [5, 5.41) is 17.5. The molecule has 1 aromatic heterocycles. The summed E-state index contributed by atoms with van der Waals surface area (Å²) in [6.45, 7) is 0. The summed E-state index contributed by atoms with van der Waals surface area (Å²) < 4.78 is 0. The Labute approximate surface area is 124 Å². The van der Waals surface area contributed by atoms with Crippen LogP contribution in [0.2, 0.25) is 10.0 Å². The highest BCUT2D eigenvalue weighted by atomic mass is 35.5. The van der Waals surface area contributed by atoms with Crippen molar-refractivity contribution in [2.75, 3.05) is 17.7 Å². The van der Waals surface area contributed by atoms with Gasteiger partial charge in [0.2, 0.25) is 5.82 Å². The lowest BCUT2D eigenvalue weighted by molar-refractivity contribution is -0.384. The molecule has 20 heavy (non-hydrogen) atoms. The number of nitrogens with zero attached hydrogens (tertiary/aromatic N) is 2. The van der Waals surface area contributed by atoms with Gasteiger partial charge in [0.15, 0.2) is 0 Å². The molecule has 2 rings (SSSR count). The average Bonchev–Trinajstić information content (AvgIpc) is 2.37. The van der Waals surface area contributed by atoms with Crippen LogP contribution >= 0.6 is 23.2 Å². The molecule has 0 spiro atoms. The zero-order valence-electron chi connectivity index (χ0n) is 10.4. The third kappa shape index (κ3) is 3.28. The first-order valence-electron chi connectivity index (χ1n) is 5.56. The number of pyridine rings is 1. The van der Waals surface area contributed by atoms with Crippen molar-refractivity contribution < 1.29 is 4.92 Å².